The van der Waals surface area contributed by atoms with Crippen LogP contribution in [0.25, 0.3) is 10.9 Å². The molecule has 2 heterocycles. The monoisotopic (exact) mass is 381 g/mol. The number of hydrogen-bond donors (Lipinski definition) is 2. The third-order valence-corrected chi connectivity index (χ3v) is 6.61. The first kappa shape index (κ1) is 15.9. The second-order valence-electron chi connectivity index (χ2n) is 6.30. The van der Waals surface area contributed by atoms with E-state index in [9.17, 15) is 9.90 Å². The van der Waals surface area contributed by atoms with Crippen LogP contribution in [0, 0.1) is 5.92 Å². The van der Waals surface area contributed by atoms with E-state index < -0.39 is 5.97 Å². The van der Waals surface area contributed by atoms with Gasteiger partial charge in [0.2, 0.25) is 0 Å². The molecule has 0 bridgehead atoms. The number of aromatic nitrogens is 1. The van der Waals surface area contributed by atoms with Gasteiger partial charge in [0, 0.05) is 21.3 Å². The Morgan fingerprint density at radius 1 is 1.45 bits per heavy atom. The molecule has 0 amide bonds. The van der Waals surface area contributed by atoms with Crippen molar-refractivity contribution in [2.75, 3.05) is 5.75 Å². The molecular formula is C17H20BrNO2S. The van der Waals surface area contributed by atoms with Crippen molar-refractivity contribution in [3.8, 4) is 0 Å². The molecule has 1 aromatic heterocycles. The number of rotatable bonds is 3. The number of carbonyl (C=O) groups is 1. The highest BCUT2D eigenvalue weighted by atomic mass is 79.9. The van der Waals surface area contributed by atoms with Gasteiger partial charge in [-0.3, -0.25) is 0 Å². The Kier molecular flexibility index (Phi) is 4.55. The number of benzene rings is 1. The lowest BCUT2D eigenvalue weighted by Gasteiger charge is -2.31. The number of fused-ring (bicyclic) bond motifs is 1. The van der Waals surface area contributed by atoms with Crippen molar-refractivity contribution < 1.29 is 9.90 Å². The van der Waals surface area contributed by atoms with Gasteiger partial charge in [0.15, 0.2) is 0 Å². The molecule has 5 heteroatoms. The lowest BCUT2D eigenvalue weighted by Crippen LogP contribution is -2.21. The summed E-state index contributed by atoms with van der Waals surface area (Å²) in [6.07, 6.45) is 4.35. The van der Waals surface area contributed by atoms with E-state index >= 15 is 0 Å². The van der Waals surface area contributed by atoms with Gasteiger partial charge >= 0.3 is 5.97 Å². The molecule has 1 aliphatic rings. The normalized spacial score (nSPS) is 22.4. The van der Waals surface area contributed by atoms with Crippen LogP contribution < -0.4 is 0 Å². The number of aromatic carboxylic acids is 1. The smallest absolute Gasteiger partial charge is 0.337 e. The van der Waals surface area contributed by atoms with Crippen LogP contribution in [-0.4, -0.2) is 27.1 Å². The number of carboxylic acids is 1. The zero-order valence-corrected chi connectivity index (χ0v) is 15.1. The first-order valence-corrected chi connectivity index (χ1v) is 9.47. The van der Waals surface area contributed by atoms with Crippen molar-refractivity contribution in [2.45, 2.75) is 37.9 Å². The van der Waals surface area contributed by atoms with Crippen molar-refractivity contribution in [1.29, 1.82) is 0 Å². The molecule has 3 nitrogen and oxygen atoms in total. The molecule has 1 saturated heterocycles. The van der Waals surface area contributed by atoms with Gasteiger partial charge in [-0.25, -0.2) is 4.79 Å². The third-order valence-electron chi connectivity index (χ3n) is 4.52. The van der Waals surface area contributed by atoms with Gasteiger partial charge in [-0.15, -0.1) is 0 Å². The summed E-state index contributed by atoms with van der Waals surface area (Å²) in [5.41, 5.74) is 2.34. The summed E-state index contributed by atoms with van der Waals surface area (Å²) in [7, 11) is 0. The molecule has 2 atom stereocenters. The highest BCUT2D eigenvalue weighted by Gasteiger charge is 2.28. The number of H-pyrrole nitrogens is 1. The lowest BCUT2D eigenvalue weighted by atomic mass is 9.88. The quantitative estimate of drug-likeness (QED) is 0.761. The number of carboxylic acid groups (broad SMARTS) is 1. The van der Waals surface area contributed by atoms with E-state index in [2.05, 4.69) is 46.5 Å². The Balaban J connectivity index is 2.03. The molecule has 3 rings (SSSR count). The summed E-state index contributed by atoms with van der Waals surface area (Å²) in [4.78, 5) is 14.6. The van der Waals surface area contributed by atoms with Crippen LogP contribution in [0.15, 0.2) is 22.8 Å². The summed E-state index contributed by atoms with van der Waals surface area (Å²) in [5.74, 6) is 1.48. The second kappa shape index (κ2) is 6.28. The summed E-state index contributed by atoms with van der Waals surface area (Å²) in [6.45, 7) is 4.57. The molecule has 0 aliphatic carbocycles. The number of thioether (sulfide) groups is 1. The first-order valence-electron chi connectivity index (χ1n) is 7.62. The van der Waals surface area contributed by atoms with Crippen LogP contribution in [0.2, 0.25) is 0 Å². The minimum atomic E-state index is -0.890. The first-order chi connectivity index (χ1) is 10.5. The summed E-state index contributed by atoms with van der Waals surface area (Å²) >= 11 is 5.52. The largest absolute Gasteiger partial charge is 0.478 e. The number of aromatic amines is 1. The van der Waals surface area contributed by atoms with Gasteiger partial charge < -0.3 is 10.1 Å². The average Bonchev–Trinajstić information content (AvgIpc) is 2.89. The lowest BCUT2D eigenvalue weighted by molar-refractivity contribution is 0.0699. The fourth-order valence-electron chi connectivity index (χ4n) is 3.30. The second-order valence-corrected chi connectivity index (χ2v) is 8.56. The van der Waals surface area contributed by atoms with E-state index in [0.29, 0.717) is 22.6 Å². The van der Waals surface area contributed by atoms with Crippen molar-refractivity contribution >= 4 is 44.6 Å². The maximum atomic E-state index is 11.4. The highest BCUT2D eigenvalue weighted by molar-refractivity contribution is 9.10. The van der Waals surface area contributed by atoms with E-state index in [1.54, 1.807) is 6.07 Å². The molecule has 2 N–H and O–H groups in total. The van der Waals surface area contributed by atoms with Crippen molar-refractivity contribution in [3.05, 3.63) is 33.9 Å². The predicted molar refractivity (Wildman–Crippen MR) is 96.0 cm³/mol. The Labute approximate surface area is 143 Å². The Morgan fingerprint density at radius 3 is 2.91 bits per heavy atom. The SMILES string of the molecule is CC(C)C1CC(c2c[nH]c3c(C(=O)O)cc(Br)cc23)CCS1. The predicted octanol–water partition coefficient (Wildman–Crippen LogP) is 5.26. The maximum absolute atomic E-state index is 11.4. The number of nitrogens with one attached hydrogen (secondary N) is 1. The van der Waals surface area contributed by atoms with Gasteiger partial charge in [-0.05, 0) is 48.1 Å². The molecular weight excluding hydrogens is 362 g/mol. The number of halogens is 1. The van der Waals surface area contributed by atoms with Gasteiger partial charge in [0.1, 0.15) is 0 Å². The van der Waals surface area contributed by atoms with E-state index in [0.717, 1.165) is 21.8 Å². The Hall–Kier alpha value is -0.940. The average molecular weight is 382 g/mol. The van der Waals surface area contributed by atoms with Gasteiger partial charge in [0.05, 0.1) is 11.1 Å². The molecule has 0 radical (unpaired) electrons. The minimum absolute atomic E-state index is 0.334. The zero-order chi connectivity index (χ0) is 15.9. The Morgan fingerprint density at radius 2 is 2.23 bits per heavy atom. The topological polar surface area (TPSA) is 53.1 Å². The maximum Gasteiger partial charge on any atom is 0.337 e. The van der Waals surface area contributed by atoms with E-state index in [4.69, 9.17) is 0 Å². The molecule has 2 unspecified atom stereocenters. The summed E-state index contributed by atoms with van der Waals surface area (Å²) in [6, 6.07) is 3.71. The number of hydrogen-bond acceptors (Lipinski definition) is 2. The van der Waals surface area contributed by atoms with E-state index in [1.165, 1.54) is 17.7 Å². The van der Waals surface area contributed by atoms with Crippen LogP contribution in [0.5, 0.6) is 0 Å². The van der Waals surface area contributed by atoms with Crippen LogP contribution in [0.4, 0.5) is 0 Å². The molecule has 0 spiro atoms. The molecule has 0 saturated carbocycles. The molecule has 22 heavy (non-hydrogen) atoms. The van der Waals surface area contributed by atoms with Crippen LogP contribution in [0.3, 0.4) is 0 Å². The zero-order valence-electron chi connectivity index (χ0n) is 12.7. The summed E-state index contributed by atoms with van der Waals surface area (Å²) in [5, 5.41) is 11.1. The standard InChI is InChI=1S/C17H20BrNO2S/c1-9(2)15-5-10(3-4-22-15)14-8-19-16-12(14)6-11(18)7-13(16)17(20)21/h6-10,15,19H,3-5H2,1-2H3,(H,20,21). The minimum Gasteiger partial charge on any atom is -0.478 e. The van der Waals surface area contributed by atoms with Crippen LogP contribution >= 0.6 is 27.7 Å². The van der Waals surface area contributed by atoms with E-state index in [1.807, 2.05) is 12.3 Å². The highest BCUT2D eigenvalue weighted by Crippen LogP contribution is 2.42. The van der Waals surface area contributed by atoms with Gasteiger partial charge in [-0.1, -0.05) is 29.8 Å². The van der Waals surface area contributed by atoms with Crippen molar-refractivity contribution in [1.82, 2.24) is 4.98 Å². The van der Waals surface area contributed by atoms with Crippen molar-refractivity contribution in [3.63, 3.8) is 0 Å². The van der Waals surface area contributed by atoms with Crippen LogP contribution in [-0.2, 0) is 0 Å². The Bertz CT molecular complexity index is 710. The summed E-state index contributed by atoms with van der Waals surface area (Å²) < 4.78 is 0.823. The van der Waals surface area contributed by atoms with E-state index in [-0.39, 0.29) is 0 Å². The molecule has 1 aromatic carbocycles. The van der Waals surface area contributed by atoms with Crippen molar-refractivity contribution in [2.24, 2.45) is 5.92 Å². The molecule has 1 fully saturated rings. The fourth-order valence-corrected chi connectivity index (χ4v) is 5.23. The van der Waals surface area contributed by atoms with Gasteiger partial charge in [-0.2, -0.15) is 11.8 Å². The van der Waals surface area contributed by atoms with Gasteiger partial charge in [0.25, 0.3) is 0 Å². The molecule has 1 aliphatic heterocycles. The molecule has 118 valence electrons. The third kappa shape index (κ3) is 2.93. The molecule has 2 aromatic rings. The fraction of sp³-hybridized carbons (Fsp3) is 0.471. The van der Waals surface area contributed by atoms with Crippen LogP contribution in [0.1, 0.15) is 48.5 Å².